The van der Waals surface area contributed by atoms with Gasteiger partial charge in [0.2, 0.25) is 106 Å². The molecule has 0 spiro atoms. The Morgan fingerprint density at radius 1 is 0.391 bits per heavy atom. The van der Waals surface area contributed by atoms with Crippen LogP contribution in [0, 0.1) is 23.7 Å². The molecule has 0 aliphatic heterocycles. The Kier molecular flexibility index (Phi) is 50.7. The standard InChI is InChI=1S/C88H138N20O30/c1-16-43(7)66(80(131)93-45(9)84(135)136)104-72(123)52(25-21-22-32-89)94-75(126)57(37-63(117)118)95-73(124)54(33-41(3)4)101-86(138)88(14,15)108-83(134)67(44(8)17-2)105-78(129)59(40-109)99-79(130)65(42(5)6)103-77(128)58(38-64(119)120)96-74(125)56(36-60(91)113)98-82(133)69(47(11)111)106-76(127)55(35-48-23-19-18-20-24-48)97-81(132)68(46(10)110)102-61(114)39-92-71(122)53(30-31-62(115)116)100-85(137)87(12,13)107-70(121)51(90)34-49-26-28-50(112)29-27-49/h18-20,23-24,26-29,41-47,51-59,65-69,109-112H,16-17,21-22,25,30-40,89-90H2,1-15H3,(H2,91,113)(H,92,122)(H,93,131)(H,94,126)(H,95,124)(H,96,125)(H,97,132)(H,98,133)(H,99,130)(H,100,137)(H,101,138)(H,102,114)(H,103,128)(H,104,123)(H,105,129)(H,106,127)(H,107,121)(H,108,134)(H,115,116)(H,117,118)(H,119,120)(H,135,136)/t43-,44-,45-,46+,47+,51-,52-,53-,54-,55-,56-,57-,58-,59-,65-,66-,67-,68-,69-/m0/s1. The van der Waals surface area contributed by atoms with Crippen LogP contribution in [0.3, 0.4) is 0 Å². The molecular weight excluding hydrogens is 1820 g/mol. The molecule has 18 amide bonds. The van der Waals surface area contributed by atoms with Crippen LogP contribution in [-0.2, 0) is 118 Å². The number of primary amides is 1. The van der Waals surface area contributed by atoms with E-state index in [1.54, 1.807) is 40.7 Å². The number of carbonyl (C=O) groups excluding carboxylic acids is 18. The molecule has 0 saturated heterocycles. The highest BCUT2D eigenvalue weighted by Gasteiger charge is 2.44. The molecule has 0 aliphatic carbocycles. The van der Waals surface area contributed by atoms with Gasteiger partial charge in [0.25, 0.3) is 0 Å². The lowest BCUT2D eigenvalue weighted by Crippen LogP contribution is -2.64. The number of hydrogen-bond acceptors (Lipinski definition) is 28. The quantitative estimate of drug-likeness (QED) is 0.0274. The van der Waals surface area contributed by atoms with E-state index >= 15 is 0 Å². The number of carboxylic acid groups (broad SMARTS) is 4. The second-order valence-electron chi connectivity index (χ2n) is 35.5. The number of hydrogen-bond donors (Lipinski definition) is 28. The fourth-order valence-corrected chi connectivity index (χ4v) is 13.2. The summed E-state index contributed by atoms with van der Waals surface area (Å²) in [7, 11) is 0. The minimum Gasteiger partial charge on any atom is -0.508 e. The minimum atomic E-state index is -2.22. The van der Waals surface area contributed by atoms with Crippen LogP contribution >= 0.6 is 0 Å². The predicted molar refractivity (Wildman–Crippen MR) is 489 cm³/mol. The summed E-state index contributed by atoms with van der Waals surface area (Å²) in [6.07, 6.45) is -8.20. The van der Waals surface area contributed by atoms with Gasteiger partial charge in [-0.15, -0.1) is 0 Å². The number of phenols is 1. The minimum absolute atomic E-state index is 0.0208. The maximum Gasteiger partial charge on any atom is 0.325 e. The number of rotatable bonds is 62. The molecule has 31 N–H and O–H groups in total. The molecule has 0 fully saturated rings. The highest BCUT2D eigenvalue weighted by Crippen LogP contribution is 2.19. The van der Waals surface area contributed by atoms with Gasteiger partial charge in [-0.2, -0.15) is 0 Å². The van der Waals surface area contributed by atoms with Crippen molar-refractivity contribution in [2.45, 2.75) is 301 Å². The van der Waals surface area contributed by atoms with Crippen LogP contribution < -0.4 is 108 Å². The van der Waals surface area contributed by atoms with E-state index in [1.807, 2.05) is 0 Å². The topological polar surface area (TPSA) is 820 Å². The zero-order valence-corrected chi connectivity index (χ0v) is 79.9. The zero-order valence-electron chi connectivity index (χ0n) is 79.9. The highest BCUT2D eigenvalue weighted by atomic mass is 16.4. The monoisotopic (exact) mass is 1950 g/mol. The van der Waals surface area contributed by atoms with Crippen molar-refractivity contribution < 1.29 is 146 Å². The molecule has 50 heteroatoms. The lowest BCUT2D eigenvalue weighted by molar-refractivity contribution is -0.142. The normalized spacial score (nSPS) is 15.5. The molecule has 0 aliphatic rings. The number of amides is 18. The van der Waals surface area contributed by atoms with Crippen molar-refractivity contribution in [3.63, 3.8) is 0 Å². The Morgan fingerprint density at radius 3 is 1.25 bits per heavy atom. The van der Waals surface area contributed by atoms with Gasteiger partial charge < -0.3 is 148 Å². The largest absolute Gasteiger partial charge is 0.508 e. The van der Waals surface area contributed by atoms with Crippen molar-refractivity contribution in [1.82, 2.24) is 90.4 Å². The number of aliphatic carboxylic acids is 4. The fourth-order valence-electron chi connectivity index (χ4n) is 13.2. The van der Waals surface area contributed by atoms with Gasteiger partial charge in [-0.25, -0.2) is 0 Å². The number of aromatic hydroxyl groups is 1. The third-order valence-corrected chi connectivity index (χ3v) is 21.8. The van der Waals surface area contributed by atoms with E-state index in [9.17, 15) is 146 Å². The Labute approximate surface area is 796 Å². The van der Waals surface area contributed by atoms with Gasteiger partial charge in [-0.3, -0.25) is 105 Å². The summed E-state index contributed by atoms with van der Waals surface area (Å²) in [5.74, 6) is -30.0. The average molecular weight is 1960 g/mol. The molecule has 138 heavy (non-hydrogen) atoms. The van der Waals surface area contributed by atoms with Gasteiger partial charge in [-0.05, 0) is 140 Å². The molecule has 19 atom stereocenters. The van der Waals surface area contributed by atoms with E-state index in [4.69, 9.17) is 17.2 Å². The molecule has 0 unspecified atom stereocenters. The number of phenolic OH excluding ortho intramolecular Hbond substituents is 1. The number of carbonyl (C=O) groups is 22. The molecule has 2 rings (SSSR count). The number of nitrogens with one attached hydrogen (secondary N) is 17. The van der Waals surface area contributed by atoms with Gasteiger partial charge >= 0.3 is 23.9 Å². The number of nitrogens with two attached hydrogens (primary N) is 3. The van der Waals surface area contributed by atoms with Crippen LogP contribution in [0.1, 0.15) is 186 Å². The number of carboxylic acids is 4. The molecular formula is C88H138N20O30. The molecule has 0 saturated carbocycles. The Morgan fingerprint density at radius 2 is 0.783 bits per heavy atom. The SMILES string of the molecule is CC[C@H](C)[C@H](NC(=O)[C@H](CCCCN)NC(=O)[C@H](CC(=O)O)NC(=O)[C@H](CC(C)C)NC(=O)C(C)(C)NC(=O)[C@@H](NC(=O)[C@H](CO)NC(=O)[C@@H](NC(=O)[C@H](CC(=O)O)NC(=O)[C@H](CC(N)=O)NC(=O)[C@@H](NC(=O)[C@H](Cc1ccccc1)NC(=O)[C@@H](NC(=O)CNC(=O)[C@H](CCC(=O)O)NC(=O)C(C)(C)NC(=O)[C@@H](N)Cc1ccc(O)cc1)[C@@H](C)O)[C@@H](C)O)C(C)C)[C@@H](C)CC)C(=O)N[C@@H](C)C(=O)O. The summed E-state index contributed by atoms with van der Waals surface area (Å²) in [6, 6.07) is -12.8. The van der Waals surface area contributed by atoms with Gasteiger partial charge in [-0.1, -0.05) is 111 Å². The van der Waals surface area contributed by atoms with Gasteiger partial charge in [0.1, 0.15) is 101 Å². The summed E-state index contributed by atoms with van der Waals surface area (Å²) < 4.78 is 0. The first kappa shape index (κ1) is 120. The van der Waals surface area contributed by atoms with E-state index < -0.39 is 319 Å². The van der Waals surface area contributed by atoms with E-state index in [0.717, 1.165) is 13.8 Å². The Hall–Kier alpha value is -13.6. The number of aliphatic hydroxyl groups excluding tert-OH is 3. The molecule has 2 aromatic carbocycles. The van der Waals surface area contributed by atoms with Crippen LogP contribution in [-0.4, -0.2) is 305 Å². The van der Waals surface area contributed by atoms with Gasteiger partial charge in [0.05, 0.1) is 50.7 Å². The summed E-state index contributed by atoms with van der Waals surface area (Å²) in [5.41, 5.74) is 14.4. The number of unbranched alkanes of at least 4 members (excludes halogenated alkanes) is 1. The molecule has 0 bridgehead atoms. The van der Waals surface area contributed by atoms with Crippen molar-refractivity contribution in [3.8, 4) is 5.75 Å². The van der Waals surface area contributed by atoms with E-state index in [0.29, 0.717) is 24.0 Å². The lowest BCUT2D eigenvalue weighted by Gasteiger charge is -2.33. The first-order valence-electron chi connectivity index (χ1n) is 44.8. The molecule has 0 radical (unpaired) electrons. The van der Waals surface area contributed by atoms with Crippen LogP contribution in [0.4, 0.5) is 0 Å². The van der Waals surface area contributed by atoms with Crippen LogP contribution in [0.25, 0.3) is 0 Å². The Bertz CT molecular complexity index is 4570. The summed E-state index contributed by atoms with van der Waals surface area (Å²) >= 11 is 0. The smallest absolute Gasteiger partial charge is 0.325 e. The van der Waals surface area contributed by atoms with Gasteiger partial charge in [0, 0.05) is 12.8 Å². The highest BCUT2D eigenvalue weighted by molar-refractivity contribution is 6.03. The van der Waals surface area contributed by atoms with Crippen molar-refractivity contribution in [1.29, 1.82) is 0 Å². The second kappa shape index (κ2) is 58.1. The molecule has 0 heterocycles. The first-order valence-corrected chi connectivity index (χ1v) is 44.8. The van der Waals surface area contributed by atoms with Crippen molar-refractivity contribution in [2.24, 2.45) is 40.9 Å². The Balaban J connectivity index is 2.40. The molecule has 2 aromatic rings. The summed E-state index contributed by atoms with van der Waals surface area (Å²) in [4.78, 5) is 298. The molecule has 770 valence electrons. The van der Waals surface area contributed by atoms with Crippen LogP contribution in [0.5, 0.6) is 5.75 Å². The van der Waals surface area contributed by atoms with Crippen molar-refractivity contribution in [2.75, 3.05) is 19.7 Å². The summed E-state index contributed by atoms with van der Waals surface area (Å²) in [5, 5.41) is 120. The van der Waals surface area contributed by atoms with E-state index in [2.05, 4.69) is 90.4 Å². The number of benzene rings is 2. The maximum atomic E-state index is 14.4. The van der Waals surface area contributed by atoms with Gasteiger partial charge in [0.15, 0.2) is 0 Å². The maximum absolute atomic E-state index is 14.4. The van der Waals surface area contributed by atoms with Crippen LogP contribution in [0.15, 0.2) is 54.6 Å². The fraction of sp³-hybridized carbons (Fsp3) is 0.614. The zero-order chi connectivity index (χ0) is 105. The van der Waals surface area contributed by atoms with Crippen LogP contribution in [0.2, 0.25) is 0 Å². The van der Waals surface area contributed by atoms with E-state index in [1.165, 1.54) is 104 Å². The van der Waals surface area contributed by atoms with Crippen molar-refractivity contribution in [3.05, 3.63) is 65.7 Å². The third-order valence-electron chi connectivity index (χ3n) is 21.8. The molecule has 0 aromatic heterocycles. The first-order chi connectivity index (χ1) is 64.2. The second-order valence-corrected chi connectivity index (χ2v) is 35.5. The third kappa shape index (κ3) is 41.9. The van der Waals surface area contributed by atoms with E-state index in [-0.39, 0.29) is 44.4 Å². The predicted octanol–water partition coefficient (Wildman–Crippen LogP) is -7.33. The number of aliphatic hydroxyl groups is 3. The lowest BCUT2D eigenvalue weighted by atomic mass is 9.95. The summed E-state index contributed by atoms with van der Waals surface area (Å²) in [6.45, 7) is 18.5. The molecule has 50 nitrogen and oxygen atoms in total. The average Bonchev–Trinajstić information content (AvgIpc) is 0.821. The van der Waals surface area contributed by atoms with Crippen molar-refractivity contribution >= 4 is 130 Å².